The van der Waals surface area contributed by atoms with Gasteiger partial charge in [-0.15, -0.1) is 0 Å². The molecule has 1 aliphatic rings. The fraction of sp³-hybridized carbons (Fsp3) is 0.429. The monoisotopic (exact) mass is 282 g/mol. The molecular weight excluding hydrogens is 252 g/mol. The standard InChI is InChI=1S/C17H18.2C2H6/c1-17(2,3)16-14-10-6-4-8-12(14)13-9-5-7-11-15(13)16;2*1-2/h4-11,16H,1-3H3;2*1-2H3. The molecule has 0 heteroatoms. The molecule has 0 heterocycles. The highest BCUT2D eigenvalue weighted by Gasteiger charge is 2.35. The van der Waals surface area contributed by atoms with Crippen LogP contribution in [-0.4, -0.2) is 0 Å². The van der Waals surface area contributed by atoms with Crippen molar-refractivity contribution in [3.63, 3.8) is 0 Å². The first-order chi connectivity index (χ1) is 10.1. The van der Waals surface area contributed by atoms with E-state index in [9.17, 15) is 0 Å². The Bertz CT molecular complexity index is 513. The number of benzene rings is 2. The van der Waals surface area contributed by atoms with Gasteiger partial charge in [0.1, 0.15) is 0 Å². The molecule has 0 nitrogen and oxygen atoms in total. The van der Waals surface area contributed by atoms with Crippen LogP contribution in [0.4, 0.5) is 0 Å². The minimum atomic E-state index is 0.267. The predicted molar refractivity (Wildman–Crippen MR) is 95.9 cm³/mol. The lowest BCUT2D eigenvalue weighted by Gasteiger charge is -2.29. The van der Waals surface area contributed by atoms with Crippen LogP contribution in [0.2, 0.25) is 0 Å². The molecule has 0 radical (unpaired) electrons. The van der Waals surface area contributed by atoms with Gasteiger partial charge in [0, 0.05) is 5.92 Å². The molecule has 0 unspecified atom stereocenters. The zero-order valence-corrected chi connectivity index (χ0v) is 14.7. The lowest BCUT2D eigenvalue weighted by Crippen LogP contribution is -2.17. The summed E-state index contributed by atoms with van der Waals surface area (Å²) >= 11 is 0. The second-order valence-electron chi connectivity index (χ2n) is 5.97. The van der Waals surface area contributed by atoms with Gasteiger partial charge in [-0.25, -0.2) is 0 Å². The maximum Gasteiger partial charge on any atom is 0.0150 e. The Morgan fingerprint density at radius 1 is 0.619 bits per heavy atom. The van der Waals surface area contributed by atoms with Crippen molar-refractivity contribution >= 4 is 0 Å². The van der Waals surface area contributed by atoms with Gasteiger partial charge in [-0.3, -0.25) is 0 Å². The minimum Gasteiger partial charge on any atom is -0.0683 e. The minimum absolute atomic E-state index is 0.267. The molecule has 0 aliphatic heterocycles. The van der Waals surface area contributed by atoms with E-state index in [1.807, 2.05) is 27.7 Å². The van der Waals surface area contributed by atoms with Crippen molar-refractivity contribution in [3.8, 4) is 11.1 Å². The molecule has 0 saturated heterocycles. The zero-order valence-electron chi connectivity index (χ0n) is 14.7. The lowest BCUT2D eigenvalue weighted by atomic mass is 9.75. The Morgan fingerprint density at radius 3 is 1.29 bits per heavy atom. The summed E-state index contributed by atoms with van der Waals surface area (Å²) in [6.45, 7) is 15.0. The van der Waals surface area contributed by atoms with E-state index in [0.29, 0.717) is 5.92 Å². The average molecular weight is 282 g/mol. The largest absolute Gasteiger partial charge is 0.0683 e. The van der Waals surface area contributed by atoms with Crippen molar-refractivity contribution in [2.75, 3.05) is 0 Å². The molecule has 3 rings (SSSR count). The highest BCUT2D eigenvalue weighted by atomic mass is 14.4. The van der Waals surface area contributed by atoms with E-state index in [4.69, 9.17) is 0 Å². The lowest BCUT2D eigenvalue weighted by molar-refractivity contribution is 0.363. The number of rotatable bonds is 0. The number of hydrogen-bond acceptors (Lipinski definition) is 0. The van der Waals surface area contributed by atoms with E-state index in [-0.39, 0.29) is 5.41 Å². The molecule has 21 heavy (non-hydrogen) atoms. The van der Waals surface area contributed by atoms with Crippen molar-refractivity contribution in [3.05, 3.63) is 59.7 Å². The third-order valence-corrected chi connectivity index (χ3v) is 3.70. The highest BCUT2D eigenvalue weighted by molar-refractivity contribution is 5.79. The summed E-state index contributed by atoms with van der Waals surface area (Å²) in [5, 5.41) is 0. The fourth-order valence-corrected chi connectivity index (χ4v) is 3.09. The van der Waals surface area contributed by atoms with E-state index in [0.717, 1.165) is 0 Å². The zero-order chi connectivity index (χ0) is 16.0. The predicted octanol–water partition coefficient (Wildman–Crippen LogP) is 6.90. The molecule has 0 amide bonds. The van der Waals surface area contributed by atoms with E-state index < -0.39 is 0 Å². The number of fused-ring (bicyclic) bond motifs is 3. The van der Waals surface area contributed by atoms with Gasteiger partial charge in [0.15, 0.2) is 0 Å². The third-order valence-electron chi connectivity index (χ3n) is 3.70. The van der Waals surface area contributed by atoms with Crippen LogP contribution in [0.1, 0.15) is 65.5 Å². The Balaban J connectivity index is 0.000000510. The summed E-state index contributed by atoms with van der Waals surface area (Å²) in [6, 6.07) is 17.7. The van der Waals surface area contributed by atoms with Crippen molar-refractivity contribution < 1.29 is 0 Å². The molecule has 0 aromatic heterocycles. The fourth-order valence-electron chi connectivity index (χ4n) is 3.09. The Hall–Kier alpha value is -1.56. The molecule has 0 saturated carbocycles. The first kappa shape index (κ1) is 17.5. The summed E-state index contributed by atoms with van der Waals surface area (Å²) in [5.74, 6) is 0.523. The van der Waals surface area contributed by atoms with Gasteiger partial charge in [0.25, 0.3) is 0 Å². The van der Waals surface area contributed by atoms with Crippen LogP contribution in [0.25, 0.3) is 11.1 Å². The summed E-state index contributed by atoms with van der Waals surface area (Å²) in [5.41, 5.74) is 6.08. The van der Waals surface area contributed by atoms with Crippen LogP contribution < -0.4 is 0 Å². The van der Waals surface area contributed by atoms with Gasteiger partial charge < -0.3 is 0 Å². The molecule has 114 valence electrons. The van der Waals surface area contributed by atoms with Gasteiger partial charge in [-0.05, 0) is 27.7 Å². The smallest absolute Gasteiger partial charge is 0.0150 e. The first-order valence-electron chi connectivity index (χ1n) is 8.27. The Morgan fingerprint density at radius 2 is 0.952 bits per heavy atom. The summed E-state index contributed by atoms with van der Waals surface area (Å²) in [6.07, 6.45) is 0. The number of hydrogen-bond donors (Lipinski definition) is 0. The summed E-state index contributed by atoms with van der Waals surface area (Å²) in [4.78, 5) is 0. The SMILES string of the molecule is CC.CC.CC(C)(C)C1c2ccccc2-c2ccccc21. The van der Waals surface area contributed by atoms with Gasteiger partial charge in [-0.2, -0.15) is 0 Å². The van der Waals surface area contributed by atoms with Crippen LogP contribution in [-0.2, 0) is 0 Å². The molecular formula is C21H30. The Kier molecular flexibility index (Phi) is 6.20. The average Bonchev–Trinajstić information content (AvgIpc) is 2.86. The van der Waals surface area contributed by atoms with E-state index >= 15 is 0 Å². The topological polar surface area (TPSA) is 0 Å². The molecule has 2 aromatic rings. The van der Waals surface area contributed by atoms with Crippen LogP contribution in [0.5, 0.6) is 0 Å². The van der Waals surface area contributed by atoms with E-state index in [1.54, 1.807) is 0 Å². The third kappa shape index (κ3) is 3.37. The Labute approximate surface area is 131 Å². The molecule has 0 fully saturated rings. The van der Waals surface area contributed by atoms with Crippen molar-refractivity contribution in [1.29, 1.82) is 0 Å². The molecule has 0 spiro atoms. The maximum atomic E-state index is 2.33. The maximum absolute atomic E-state index is 2.33. The van der Waals surface area contributed by atoms with Crippen molar-refractivity contribution in [1.82, 2.24) is 0 Å². The van der Waals surface area contributed by atoms with Crippen molar-refractivity contribution in [2.24, 2.45) is 5.41 Å². The van der Waals surface area contributed by atoms with E-state index in [1.165, 1.54) is 22.3 Å². The van der Waals surface area contributed by atoms with Gasteiger partial charge in [-0.1, -0.05) is 97.0 Å². The quantitative estimate of drug-likeness (QED) is 0.493. The summed E-state index contributed by atoms with van der Waals surface area (Å²) in [7, 11) is 0. The van der Waals surface area contributed by atoms with Crippen LogP contribution in [0.15, 0.2) is 48.5 Å². The van der Waals surface area contributed by atoms with Gasteiger partial charge >= 0.3 is 0 Å². The molecule has 0 bridgehead atoms. The molecule has 0 atom stereocenters. The summed E-state index contributed by atoms with van der Waals surface area (Å²) < 4.78 is 0. The first-order valence-corrected chi connectivity index (χ1v) is 8.27. The van der Waals surface area contributed by atoms with Gasteiger partial charge in [0.05, 0.1) is 0 Å². The second-order valence-corrected chi connectivity index (χ2v) is 5.97. The molecule has 0 N–H and O–H groups in total. The normalized spacial score (nSPS) is 12.3. The molecule has 1 aliphatic carbocycles. The van der Waals surface area contributed by atoms with Crippen molar-refractivity contribution in [2.45, 2.75) is 54.4 Å². The van der Waals surface area contributed by atoms with Gasteiger partial charge in [0.2, 0.25) is 0 Å². The van der Waals surface area contributed by atoms with Crippen LogP contribution >= 0.6 is 0 Å². The van der Waals surface area contributed by atoms with Crippen LogP contribution in [0, 0.1) is 5.41 Å². The highest BCUT2D eigenvalue weighted by Crippen LogP contribution is 2.51. The van der Waals surface area contributed by atoms with Crippen LogP contribution in [0.3, 0.4) is 0 Å². The van der Waals surface area contributed by atoms with E-state index in [2.05, 4.69) is 69.3 Å². The molecule has 2 aromatic carbocycles. The second kappa shape index (κ2) is 7.45.